The van der Waals surface area contributed by atoms with E-state index in [4.69, 9.17) is 46.4 Å². The highest BCUT2D eigenvalue weighted by Crippen LogP contribution is 2.32. The Balaban J connectivity index is 2.24. The standard InChI is InChI=1S/C12H7BrCl4N2/c13-6-3-10(12(17)19-4-6)18-5-7-8(14)1-2-9(15)11(7)16/h1-4,18H,5H2. The van der Waals surface area contributed by atoms with Crippen molar-refractivity contribution in [3.8, 4) is 0 Å². The second kappa shape index (κ2) is 6.51. The minimum atomic E-state index is 0.373. The van der Waals surface area contributed by atoms with Gasteiger partial charge in [0.15, 0.2) is 5.15 Å². The topological polar surface area (TPSA) is 24.9 Å². The SMILES string of the molecule is Clc1ccc(Cl)c(CNc2cc(Br)cnc2Cl)c1Cl. The Morgan fingerprint density at radius 2 is 1.79 bits per heavy atom. The predicted molar refractivity (Wildman–Crippen MR) is 85.7 cm³/mol. The fraction of sp³-hybridized carbons (Fsp3) is 0.0833. The first kappa shape index (κ1) is 15.2. The highest BCUT2D eigenvalue weighted by Gasteiger charge is 2.10. The highest BCUT2D eigenvalue weighted by atomic mass is 79.9. The molecule has 2 aromatic rings. The maximum atomic E-state index is 6.12. The lowest BCUT2D eigenvalue weighted by Gasteiger charge is -2.11. The van der Waals surface area contributed by atoms with Crippen LogP contribution < -0.4 is 5.32 Å². The maximum Gasteiger partial charge on any atom is 0.152 e. The maximum absolute atomic E-state index is 6.12. The van der Waals surface area contributed by atoms with E-state index >= 15 is 0 Å². The number of nitrogens with one attached hydrogen (secondary N) is 1. The van der Waals surface area contributed by atoms with E-state index in [1.54, 1.807) is 18.3 Å². The van der Waals surface area contributed by atoms with E-state index in [2.05, 4.69) is 26.2 Å². The first-order valence-electron chi connectivity index (χ1n) is 5.16. The van der Waals surface area contributed by atoms with Gasteiger partial charge in [0.2, 0.25) is 0 Å². The average Bonchev–Trinajstić information content (AvgIpc) is 2.38. The molecule has 0 unspecified atom stereocenters. The van der Waals surface area contributed by atoms with E-state index in [-0.39, 0.29) is 0 Å². The van der Waals surface area contributed by atoms with Crippen molar-refractivity contribution in [3.63, 3.8) is 0 Å². The molecule has 0 aliphatic carbocycles. The lowest BCUT2D eigenvalue weighted by atomic mass is 10.2. The third-order valence-corrected chi connectivity index (χ3v) is 4.33. The van der Waals surface area contributed by atoms with Crippen LogP contribution in [0.15, 0.2) is 28.9 Å². The van der Waals surface area contributed by atoms with Gasteiger partial charge >= 0.3 is 0 Å². The summed E-state index contributed by atoms with van der Waals surface area (Å²) in [6, 6.07) is 5.18. The van der Waals surface area contributed by atoms with Crippen LogP contribution in [0.2, 0.25) is 20.2 Å². The van der Waals surface area contributed by atoms with Crippen LogP contribution in [-0.2, 0) is 6.54 Å². The lowest BCUT2D eigenvalue weighted by Crippen LogP contribution is -2.02. The minimum Gasteiger partial charge on any atom is -0.378 e. The van der Waals surface area contributed by atoms with Crippen molar-refractivity contribution in [1.29, 1.82) is 0 Å². The Morgan fingerprint density at radius 1 is 1.11 bits per heavy atom. The molecule has 1 N–H and O–H groups in total. The molecule has 7 heteroatoms. The van der Waals surface area contributed by atoms with Crippen molar-refractivity contribution >= 4 is 68.0 Å². The molecule has 1 heterocycles. The van der Waals surface area contributed by atoms with Crippen molar-refractivity contribution in [1.82, 2.24) is 4.98 Å². The molecular formula is C12H7BrCl4N2. The number of nitrogens with zero attached hydrogens (tertiary/aromatic N) is 1. The molecule has 2 nitrogen and oxygen atoms in total. The summed E-state index contributed by atoms with van der Waals surface area (Å²) in [5.41, 5.74) is 1.40. The zero-order valence-corrected chi connectivity index (χ0v) is 14.0. The zero-order valence-electron chi connectivity index (χ0n) is 9.35. The van der Waals surface area contributed by atoms with E-state index in [1.165, 1.54) is 0 Å². The quantitative estimate of drug-likeness (QED) is 0.499. The van der Waals surface area contributed by atoms with Crippen molar-refractivity contribution in [2.75, 3.05) is 5.32 Å². The Bertz CT molecular complexity index is 619. The second-order valence-corrected chi connectivity index (χ2v) is 6.13. The van der Waals surface area contributed by atoms with Crippen molar-refractivity contribution in [3.05, 3.63) is 54.7 Å². The molecule has 0 aliphatic rings. The Hall–Kier alpha value is -0.190. The Morgan fingerprint density at radius 3 is 2.53 bits per heavy atom. The first-order valence-corrected chi connectivity index (χ1v) is 7.47. The fourth-order valence-corrected chi connectivity index (χ4v) is 2.64. The van der Waals surface area contributed by atoms with E-state index in [0.29, 0.717) is 38.0 Å². The lowest BCUT2D eigenvalue weighted by molar-refractivity contribution is 1.13. The van der Waals surface area contributed by atoms with Crippen LogP contribution in [0.3, 0.4) is 0 Å². The van der Waals surface area contributed by atoms with Gasteiger partial charge < -0.3 is 5.32 Å². The van der Waals surface area contributed by atoms with Crippen molar-refractivity contribution in [2.24, 2.45) is 0 Å². The van der Waals surface area contributed by atoms with E-state index in [1.807, 2.05) is 6.07 Å². The van der Waals surface area contributed by atoms with Gasteiger partial charge in [0, 0.05) is 27.8 Å². The van der Waals surface area contributed by atoms with Gasteiger partial charge in [-0.15, -0.1) is 0 Å². The molecule has 0 amide bonds. The number of aromatic nitrogens is 1. The summed E-state index contributed by atoms with van der Waals surface area (Å²) in [6.45, 7) is 0.399. The van der Waals surface area contributed by atoms with E-state index in [0.717, 1.165) is 4.47 Å². The van der Waals surface area contributed by atoms with Gasteiger partial charge in [-0.3, -0.25) is 0 Å². The first-order chi connectivity index (χ1) is 8.99. The molecule has 1 aromatic carbocycles. The highest BCUT2D eigenvalue weighted by molar-refractivity contribution is 9.10. The molecule has 0 radical (unpaired) electrons. The van der Waals surface area contributed by atoms with Crippen LogP contribution >= 0.6 is 62.3 Å². The minimum absolute atomic E-state index is 0.373. The van der Waals surface area contributed by atoms with Gasteiger partial charge in [-0.05, 0) is 34.1 Å². The average molecular weight is 401 g/mol. The number of rotatable bonds is 3. The summed E-state index contributed by atoms with van der Waals surface area (Å²) in [7, 11) is 0. The molecule has 100 valence electrons. The van der Waals surface area contributed by atoms with E-state index < -0.39 is 0 Å². The number of benzene rings is 1. The third-order valence-electron chi connectivity index (χ3n) is 2.40. The predicted octanol–water partition coefficient (Wildman–Crippen LogP) is 6.07. The zero-order chi connectivity index (χ0) is 14.0. The molecule has 0 aliphatic heterocycles. The second-order valence-electron chi connectivity index (χ2n) is 3.67. The molecule has 2 rings (SSSR count). The molecule has 0 bridgehead atoms. The van der Waals surface area contributed by atoms with Gasteiger partial charge in [0.05, 0.1) is 15.7 Å². The third kappa shape index (κ3) is 3.67. The summed E-state index contributed by atoms with van der Waals surface area (Å²) in [5.74, 6) is 0. The van der Waals surface area contributed by atoms with Crippen LogP contribution in [0.4, 0.5) is 5.69 Å². The molecule has 0 saturated heterocycles. The summed E-state index contributed by atoms with van der Waals surface area (Å²) in [4.78, 5) is 4.02. The largest absolute Gasteiger partial charge is 0.378 e. The number of anilines is 1. The normalized spacial score (nSPS) is 10.6. The molecule has 0 atom stereocenters. The summed E-state index contributed by atoms with van der Waals surface area (Å²) < 4.78 is 0.822. The van der Waals surface area contributed by atoms with E-state index in [9.17, 15) is 0 Å². The molecule has 19 heavy (non-hydrogen) atoms. The molecule has 0 saturated carbocycles. The van der Waals surface area contributed by atoms with Gasteiger partial charge in [-0.1, -0.05) is 46.4 Å². The molecular weight excluding hydrogens is 394 g/mol. The molecule has 0 fully saturated rings. The van der Waals surface area contributed by atoms with Crippen LogP contribution in [0.5, 0.6) is 0 Å². The molecule has 0 spiro atoms. The monoisotopic (exact) mass is 398 g/mol. The number of hydrogen-bond donors (Lipinski definition) is 1. The van der Waals surface area contributed by atoms with Crippen LogP contribution in [0, 0.1) is 0 Å². The summed E-state index contributed by atoms with van der Waals surface area (Å²) in [6.07, 6.45) is 1.62. The van der Waals surface area contributed by atoms with Gasteiger partial charge in [0.1, 0.15) is 0 Å². The summed E-state index contributed by atoms with van der Waals surface area (Å²) >= 11 is 27.5. The van der Waals surface area contributed by atoms with Crippen LogP contribution in [0.25, 0.3) is 0 Å². The van der Waals surface area contributed by atoms with Crippen LogP contribution in [0.1, 0.15) is 5.56 Å². The molecule has 1 aromatic heterocycles. The fourth-order valence-electron chi connectivity index (χ4n) is 1.46. The Kier molecular flexibility index (Phi) is 5.21. The number of halogens is 5. The summed E-state index contributed by atoms with van der Waals surface area (Å²) in [5, 5.41) is 4.93. The van der Waals surface area contributed by atoms with Crippen LogP contribution in [-0.4, -0.2) is 4.98 Å². The van der Waals surface area contributed by atoms with Crippen molar-refractivity contribution in [2.45, 2.75) is 6.54 Å². The van der Waals surface area contributed by atoms with Gasteiger partial charge in [0.25, 0.3) is 0 Å². The number of pyridine rings is 1. The Labute approximate surface area is 139 Å². The van der Waals surface area contributed by atoms with Gasteiger partial charge in [-0.2, -0.15) is 0 Å². The number of hydrogen-bond acceptors (Lipinski definition) is 2. The van der Waals surface area contributed by atoms with Crippen molar-refractivity contribution < 1.29 is 0 Å². The smallest absolute Gasteiger partial charge is 0.152 e. The van der Waals surface area contributed by atoms with Gasteiger partial charge in [-0.25, -0.2) is 4.98 Å².